The van der Waals surface area contributed by atoms with E-state index in [9.17, 15) is 0 Å². The second kappa shape index (κ2) is 12.8. The molecule has 7 aliphatic rings. The number of rotatable bonds is 4. The van der Waals surface area contributed by atoms with E-state index in [2.05, 4.69) is 152 Å². The van der Waals surface area contributed by atoms with Crippen molar-refractivity contribution in [3.8, 4) is 22.5 Å². The lowest BCUT2D eigenvalue weighted by molar-refractivity contribution is 0.0984. The van der Waals surface area contributed by atoms with Crippen molar-refractivity contribution >= 4 is 28.0 Å². The van der Waals surface area contributed by atoms with Crippen LogP contribution in [-0.2, 0) is 16.6 Å². The highest BCUT2D eigenvalue weighted by Gasteiger charge is 2.55. The molecule has 57 heavy (non-hydrogen) atoms. The van der Waals surface area contributed by atoms with Crippen LogP contribution in [-0.4, -0.2) is 21.1 Å². The Morgan fingerprint density at radius 3 is 2.35 bits per heavy atom. The van der Waals surface area contributed by atoms with Crippen LogP contribution in [0.3, 0.4) is 0 Å². The molecule has 274 valence electrons. The van der Waals surface area contributed by atoms with Crippen molar-refractivity contribution in [3.05, 3.63) is 202 Å². The normalized spacial score (nSPS) is 21.9. The molecule has 4 nitrogen and oxygen atoms in total. The van der Waals surface area contributed by atoms with Crippen molar-refractivity contribution < 1.29 is 4.74 Å². The molecule has 1 aromatic heterocycles. The van der Waals surface area contributed by atoms with Gasteiger partial charge < -0.3 is 4.74 Å². The third-order valence-electron chi connectivity index (χ3n) is 13.1. The van der Waals surface area contributed by atoms with Crippen LogP contribution in [0.25, 0.3) is 50.5 Å². The van der Waals surface area contributed by atoms with Crippen LogP contribution in [0.15, 0.2) is 168 Å². The first-order chi connectivity index (χ1) is 28.3. The number of hydrogen-bond acceptors (Lipinski definition) is 4. The zero-order valence-corrected chi connectivity index (χ0v) is 31.8. The van der Waals surface area contributed by atoms with Gasteiger partial charge in [0.25, 0.3) is 0 Å². The van der Waals surface area contributed by atoms with Gasteiger partial charge in [0.05, 0.1) is 5.41 Å². The van der Waals surface area contributed by atoms with E-state index in [0.717, 1.165) is 79.3 Å². The molecule has 4 aromatic carbocycles. The molecular formula is C53H41N3O. The predicted octanol–water partition coefficient (Wildman–Crippen LogP) is 12.2. The molecule has 0 bridgehead atoms. The maximum atomic E-state index is 7.32. The number of nitrogens with zero attached hydrogens (tertiary/aromatic N) is 3. The summed E-state index contributed by atoms with van der Waals surface area (Å²) in [6.07, 6.45) is 33.9. The fourth-order valence-corrected chi connectivity index (χ4v) is 10.7. The van der Waals surface area contributed by atoms with Crippen LogP contribution in [0.1, 0.15) is 72.4 Å². The zero-order chi connectivity index (χ0) is 37.5. The van der Waals surface area contributed by atoms with Gasteiger partial charge in [-0.05, 0) is 106 Å². The fourth-order valence-electron chi connectivity index (χ4n) is 10.7. The van der Waals surface area contributed by atoms with Gasteiger partial charge in [0.15, 0.2) is 17.5 Å². The molecule has 6 aliphatic carbocycles. The molecule has 2 atom stereocenters. The minimum absolute atomic E-state index is 0.0203. The summed E-state index contributed by atoms with van der Waals surface area (Å²) in [5, 5.41) is 2.56. The second-order valence-electron chi connectivity index (χ2n) is 16.2. The summed E-state index contributed by atoms with van der Waals surface area (Å²) in [6, 6.07) is 29.2. The highest BCUT2D eigenvalue weighted by Crippen LogP contribution is 2.62. The molecule has 2 unspecified atom stereocenters. The molecule has 0 N–H and O–H groups in total. The Kier molecular flexibility index (Phi) is 7.38. The predicted molar refractivity (Wildman–Crippen MR) is 231 cm³/mol. The largest absolute Gasteiger partial charge is 0.489 e. The van der Waals surface area contributed by atoms with Gasteiger partial charge in [0.2, 0.25) is 0 Å². The molecule has 0 saturated carbocycles. The van der Waals surface area contributed by atoms with Crippen molar-refractivity contribution in [1.29, 1.82) is 0 Å². The maximum Gasteiger partial charge on any atom is 0.164 e. The number of hydrogen-bond donors (Lipinski definition) is 0. The van der Waals surface area contributed by atoms with Gasteiger partial charge in [0, 0.05) is 34.6 Å². The van der Waals surface area contributed by atoms with Crippen molar-refractivity contribution in [1.82, 2.24) is 15.0 Å². The van der Waals surface area contributed by atoms with Gasteiger partial charge in [-0.2, -0.15) is 0 Å². The Balaban J connectivity index is 1.07. The van der Waals surface area contributed by atoms with Crippen molar-refractivity contribution in [2.75, 3.05) is 0 Å². The number of allylic oxidation sites excluding steroid dienone is 14. The van der Waals surface area contributed by atoms with Crippen molar-refractivity contribution in [2.24, 2.45) is 5.92 Å². The van der Waals surface area contributed by atoms with Crippen molar-refractivity contribution in [2.45, 2.75) is 56.5 Å². The van der Waals surface area contributed by atoms with E-state index in [-0.39, 0.29) is 12.0 Å². The summed E-state index contributed by atoms with van der Waals surface area (Å²) in [5.41, 5.74) is 14.6. The van der Waals surface area contributed by atoms with E-state index >= 15 is 0 Å². The molecule has 2 heterocycles. The summed E-state index contributed by atoms with van der Waals surface area (Å²) >= 11 is 0. The standard InChI is InChI=1S/C53H41N3O/c1-2-15-34(16-3-1)50-54-51(37-31-35-19-12-17-33-18-13-20-36(32-37)48(33)35)56-52(55-50)42-24-5-4-21-38(42)41-25-14-29-46-49(41)57-47-30-11-10-28-45(47)53(46)43-26-8-6-22-39(43)40-23-7-9-27-44(40)53/h2,4,6-17,19-23,26-29,31-32,41,47H,1,3,5,18,24-25,30H2. The average molecular weight is 736 g/mol. The van der Waals surface area contributed by atoms with Crippen molar-refractivity contribution in [3.63, 3.8) is 0 Å². The highest BCUT2D eigenvalue weighted by molar-refractivity contribution is 5.98. The molecule has 0 fully saturated rings. The lowest BCUT2D eigenvalue weighted by Gasteiger charge is -2.48. The molecule has 0 saturated heterocycles. The Morgan fingerprint density at radius 1 is 0.667 bits per heavy atom. The summed E-state index contributed by atoms with van der Waals surface area (Å²) < 4.78 is 7.32. The Morgan fingerprint density at radius 2 is 1.49 bits per heavy atom. The van der Waals surface area contributed by atoms with Crippen LogP contribution < -0.4 is 0 Å². The zero-order valence-electron chi connectivity index (χ0n) is 31.8. The monoisotopic (exact) mass is 735 g/mol. The minimum Gasteiger partial charge on any atom is -0.489 e. The molecular weight excluding hydrogens is 695 g/mol. The first kappa shape index (κ1) is 32.8. The van der Waals surface area contributed by atoms with E-state index in [1.54, 1.807) is 0 Å². The topological polar surface area (TPSA) is 47.9 Å². The van der Waals surface area contributed by atoms with E-state index in [1.165, 1.54) is 66.4 Å². The average Bonchev–Trinajstić information content (AvgIpc) is 3.57. The highest BCUT2D eigenvalue weighted by atomic mass is 16.5. The molecule has 1 spiro atoms. The molecule has 4 heteroatoms. The van der Waals surface area contributed by atoms with E-state index in [1.807, 2.05) is 0 Å². The third-order valence-corrected chi connectivity index (χ3v) is 13.1. The van der Waals surface area contributed by atoms with E-state index in [0.29, 0.717) is 0 Å². The molecule has 0 amide bonds. The summed E-state index contributed by atoms with van der Waals surface area (Å²) in [5.74, 6) is 3.34. The molecule has 0 radical (unpaired) electrons. The molecule has 5 aromatic rings. The van der Waals surface area contributed by atoms with Crippen LogP contribution in [0, 0.1) is 5.92 Å². The van der Waals surface area contributed by atoms with Crippen LogP contribution in [0.2, 0.25) is 0 Å². The van der Waals surface area contributed by atoms with Gasteiger partial charge in [-0.25, -0.2) is 15.0 Å². The van der Waals surface area contributed by atoms with Crippen LogP contribution in [0.4, 0.5) is 0 Å². The fraction of sp³-hybridized carbons (Fsp3) is 0.189. The third kappa shape index (κ3) is 4.89. The minimum atomic E-state index is -0.428. The first-order valence-corrected chi connectivity index (χ1v) is 20.7. The van der Waals surface area contributed by atoms with E-state index in [4.69, 9.17) is 19.7 Å². The van der Waals surface area contributed by atoms with Crippen LogP contribution >= 0.6 is 0 Å². The Hall–Kier alpha value is -6.39. The van der Waals surface area contributed by atoms with Gasteiger partial charge >= 0.3 is 0 Å². The summed E-state index contributed by atoms with van der Waals surface area (Å²) in [6.45, 7) is 0. The first-order valence-electron chi connectivity index (χ1n) is 20.7. The summed E-state index contributed by atoms with van der Waals surface area (Å²) in [4.78, 5) is 16.0. The lowest BCUT2D eigenvalue weighted by atomic mass is 9.60. The molecule has 1 aliphatic heterocycles. The Labute approximate surface area is 333 Å². The number of aromatic nitrogens is 3. The molecule has 12 rings (SSSR count). The second-order valence-corrected chi connectivity index (χ2v) is 16.2. The number of ether oxygens (including phenoxy) is 1. The van der Waals surface area contributed by atoms with Gasteiger partial charge in [0.1, 0.15) is 11.9 Å². The quantitative estimate of drug-likeness (QED) is 0.184. The lowest BCUT2D eigenvalue weighted by Crippen LogP contribution is -2.43. The van der Waals surface area contributed by atoms with Crippen LogP contribution in [0.5, 0.6) is 0 Å². The van der Waals surface area contributed by atoms with Gasteiger partial charge in [-0.15, -0.1) is 0 Å². The number of fused-ring (bicyclic) bond motifs is 8. The Bertz CT molecular complexity index is 2820. The SMILES string of the molecule is C1=CCC2OC3=C(C=CCC3C3=C(c4nc(C5=CCCC=C5)nc(-c5cc6c7c(cccc7c5)CC=C6)n4)CCC=C3)C3(C2=C1)c1ccccc1-c1ccccc13. The maximum absolute atomic E-state index is 7.32. The van der Waals surface area contributed by atoms with Gasteiger partial charge in [-0.1, -0.05) is 140 Å². The number of benzene rings is 4. The van der Waals surface area contributed by atoms with E-state index < -0.39 is 5.41 Å². The summed E-state index contributed by atoms with van der Waals surface area (Å²) in [7, 11) is 0. The smallest absolute Gasteiger partial charge is 0.164 e. The van der Waals surface area contributed by atoms with Gasteiger partial charge in [-0.3, -0.25) is 0 Å².